The normalized spacial score (nSPS) is 14.3. The Kier molecular flexibility index (Phi) is 3.68. The minimum Gasteiger partial charge on any atom is -0.481 e. The third-order valence-corrected chi connectivity index (χ3v) is 2.06. The average Bonchev–Trinajstić information content (AvgIpc) is 2.17. The first kappa shape index (κ1) is 11.5. The molecule has 15 heavy (non-hydrogen) atoms. The Morgan fingerprint density at radius 1 is 1.27 bits per heavy atom. The van der Waals surface area contributed by atoms with Gasteiger partial charge >= 0.3 is 5.97 Å². The summed E-state index contributed by atoms with van der Waals surface area (Å²) in [6.07, 6.45) is -0.868. The van der Waals surface area contributed by atoms with Crippen molar-refractivity contribution >= 4 is 5.97 Å². The van der Waals surface area contributed by atoms with Crippen LogP contribution < -0.4 is 4.74 Å². The summed E-state index contributed by atoms with van der Waals surface area (Å²) < 4.78 is 5.02. The van der Waals surface area contributed by atoms with Crippen molar-refractivity contribution in [2.24, 2.45) is 0 Å². The van der Waals surface area contributed by atoms with Gasteiger partial charge in [-0.15, -0.1) is 0 Å². The van der Waals surface area contributed by atoms with Gasteiger partial charge in [-0.1, -0.05) is 12.1 Å². The highest BCUT2D eigenvalue weighted by Gasteiger charge is 2.13. The van der Waals surface area contributed by atoms with E-state index in [-0.39, 0.29) is 0 Å². The number of carboxylic acid groups (broad SMARTS) is 1. The number of rotatable bonds is 4. The number of aliphatic hydroxyl groups is 1. The van der Waals surface area contributed by atoms with E-state index in [0.29, 0.717) is 11.3 Å². The molecule has 0 aliphatic carbocycles. The molecule has 0 spiro atoms. The number of carbonyl (C=O) groups is 1. The average molecular weight is 210 g/mol. The minimum absolute atomic E-state index is 0.520. The summed E-state index contributed by atoms with van der Waals surface area (Å²) in [6.45, 7) is 3.13. The molecule has 0 radical (unpaired) electrons. The first-order valence-electron chi connectivity index (χ1n) is 4.68. The van der Waals surface area contributed by atoms with E-state index in [0.717, 1.165) is 0 Å². The Labute approximate surface area is 88.1 Å². The molecule has 0 amide bonds. The molecule has 2 N–H and O–H groups in total. The van der Waals surface area contributed by atoms with Gasteiger partial charge in [0.1, 0.15) is 5.75 Å². The van der Waals surface area contributed by atoms with Gasteiger partial charge in [0.2, 0.25) is 0 Å². The highest BCUT2D eigenvalue weighted by atomic mass is 16.6. The molecule has 1 aromatic rings. The van der Waals surface area contributed by atoms with Crippen LogP contribution >= 0.6 is 0 Å². The van der Waals surface area contributed by atoms with Crippen molar-refractivity contribution in [3.63, 3.8) is 0 Å². The molecule has 2 unspecified atom stereocenters. The lowest BCUT2D eigenvalue weighted by atomic mass is 10.0. The van der Waals surface area contributed by atoms with Crippen LogP contribution in [0, 0.1) is 0 Å². The highest BCUT2D eigenvalue weighted by Crippen LogP contribution is 2.19. The number of hydrogen-bond donors (Lipinski definition) is 2. The van der Waals surface area contributed by atoms with Gasteiger partial charge in [-0.3, -0.25) is 4.79 Å². The van der Waals surface area contributed by atoms with Crippen molar-refractivity contribution < 1.29 is 19.7 Å². The molecular formula is C11H14O4. The van der Waals surface area contributed by atoms with Crippen molar-refractivity contribution in [2.45, 2.75) is 26.1 Å². The predicted molar refractivity (Wildman–Crippen MR) is 54.8 cm³/mol. The lowest BCUT2D eigenvalue weighted by Crippen LogP contribution is -2.10. The summed E-state index contributed by atoms with van der Waals surface area (Å²) in [5, 5.41) is 17.7. The zero-order chi connectivity index (χ0) is 11.4. The van der Waals surface area contributed by atoms with Crippen molar-refractivity contribution in [3.8, 4) is 5.75 Å². The molecule has 0 fully saturated rings. The molecule has 0 saturated carbocycles. The fourth-order valence-electron chi connectivity index (χ4n) is 1.17. The topological polar surface area (TPSA) is 66.8 Å². The quantitative estimate of drug-likeness (QED) is 0.740. The van der Waals surface area contributed by atoms with Crippen LogP contribution in [0.15, 0.2) is 24.3 Å². The van der Waals surface area contributed by atoms with Gasteiger partial charge in [-0.2, -0.15) is 0 Å². The zero-order valence-corrected chi connectivity index (χ0v) is 8.68. The van der Waals surface area contributed by atoms with E-state index in [2.05, 4.69) is 0 Å². The van der Waals surface area contributed by atoms with E-state index in [1.54, 1.807) is 31.2 Å². The summed E-state index contributed by atoms with van der Waals surface area (Å²) in [6, 6.07) is 6.63. The number of aliphatic hydroxyl groups excluding tert-OH is 1. The molecule has 82 valence electrons. The smallest absolute Gasteiger partial charge is 0.310 e. The maximum Gasteiger partial charge on any atom is 0.310 e. The van der Waals surface area contributed by atoms with E-state index in [4.69, 9.17) is 14.9 Å². The Bertz CT molecular complexity index is 329. The summed E-state index contributed by atoms with van der Waals surface area (Å²) >= 11 is 0. The molecule has 0 saturated heterocycles. The highest BCUT2D eigenvalue weighted by molar-refractivity contribution is 5.75. The monoisotopic (exact) mass is 210 g/mol. The molecule has 0 aliphatic rings. The molecule has 0 heterocycles. The molecule has 1 rings (SSSR count). The molecule has 0 aromatic heterocycles. The van der Waals surface area contributed by atoms with Crippen molar-refractivity contribution in [2.75, 3.05) is 0 Å². The van der Waals surface area contributed by atoms with Gasteiger partial charge < -0.3 is 14.9 Å². The summed E-state index contributed by atoms with van der Waals surface area (Å²) in [5.74, 6) is -0.879. The predicted octanol–water partition coefficient (Wildman–Crippen LogP) is 1.59. The van der Waals surface area contributed by atoms with Crippen LogP contribution in [0.5, 0.6) is 5.75 Å². The van der Waals surface area contributed by atoms with Crippen LogP contribution in [0.2, 0.25) is 0 Å². The minimum atomic E-state index is -0.868. The van der Waals surface area contributed by atoms with Gasteiger partial charge in [0.05, 0.1) is 5.92 Å². The van der Waals surface area contributed by atoms with Gasteiger partial charge in [0.15, 0.2) is 6.29 Å². The van der Waals surface area contributed by atoms with Gasteiger partial charge in [-0.05, 0) is 31.5 Å². The largest absolute Gasteiger partial charge is 0.481 e. The third kappa shape index (κ3) is 3.25. The first-order chi connectivity index (χ1) is 7.00. The maximum absolute atomic E-state index is 10.7. The molecular weight excluding hydrogens is 196 g/mol. The van der Waals surface area contributed by atoms with Gasteiger partial charge in [0.25, 0.3) is 0 Å². The van der Waals surface area contributed by atoms with Crippen LogP contribution in [0.4, 0.5) is 0 Å². The molecule has 1 aromatic carbocycles. The second-order valence-corrected chi connectivity index (χ2v) is 3.35. The van der Waals surface area contributed by atoms with Crippen LogP contribution in [0.1, 0.15) is 25.3 Å². The fourth-order valence-corrected chi connectivity index (χ4v) is 1.17. The number of aliphatic carboxylic acids is 1. The van der Waals surface area contributed by atoms with E-state index >= 15 is 0 Å². The number of carboxylic acids is 1. The second-order valence-electron chi connectivity index (χ2n) is 3.35. The summed E-state index contributed by atoms with van der Waals surface area (Å²) in [7, 11) is 0. The Morgan fingerprint density at radius 3 is 2.20 bits per heavy atom. The van der Waals surface area contributed by atoms with Crippen LogP contribution in [0.3, 0.4) is 0 Å². The molecule has 4 nitrogen and oxygen atoms in total. The Morgan fingerprint density at radius 2 is 1.80 bits per heavy atom. The van der Waals surface area contributed by atoms with E-state index in [9.17, 15) is 4.79 Å². The lowest BCUT2D eigenvalue weighted by Gasteiger charge is -2.10. The molecule has 0 aliphatic heterocycles. The second kappa shape index (κ2) is 4.79. The van der Waals surface area contributed by atoms with Gasteiger partial charge in [-0.25, -0.2) is 0 Å². The SMILES string of the molecule is CC(O)Oc1ccc(C(C)C(=O)O)cc1. The molecule has 2 atom stereocenters. The van der Waals surface area contributed by atoms with E-state index in [1.807, 2.05) is 0 Å². The van der Waals surface area contributed by atoms with Crippen molar-refractivity contribution in [3.05, 3.63) is 29.8 Å². The number of ether oxygens (including phenoxy) is 1. The summed E-state index contributed by atoms with van der Waals surface area (Å²) in [5.41, 5.74) is 0.709. The fraction of sp³-hybridized carbons (Fsp3) is 0.364. The Balaban J connectivity index is 2.76. The van der Waals surface area contributed by atoms with Crippen molar-refractivity contribution in [1.29, 1.82) is 0 Å². The van der Waals surface area contributed by atoms with Gasteiger partial charge in [0, 0.05) is 0 Å². The summed E-state index contributed by atoms with van der Waals surface area (Å²) in [4.78, 5) is 10.7. The van der Waals surface area contributed by atoms with Crippen LogP contribution in [-0.2, 0) is 4.79 Å². The molecule has 0 bridgehead atoms. The standard InChI is InChI=1S/C11H14O4/c1-7(11(13)14)9-3-5-10(6-4-9)15-8(2)12/h3-8,12H,1-2H3,(H,13,14). The number of hydrogen-bond acceptors (Lipinski definition) is 3. The van der Waals surface area contributed by atoms with Crippen LogP contribution in [-0.4, -0.2) is 22.5 Å². The van der Waals surface area contributed by atoms with E-state index in [1.165, 1.54) is 6.92 Å². The maximum atomic E-state index is 10.7. The lowest BCUT2D eigenvalue weighted by molar-refractivity contribution is -0.138. The molecule has 4 heteroatoms. The van der Waals surface area contributed by atoms with Crippen LogP contribution in [0.25, 0.3) is 0 Å². The number of benzene rings is 1. The zero-order valence-electron chi connectivity index (χ0n) is 8.68. The van der Waals surface area contributed by atoms with Crippen molar-refractivity contribution in [1.82, 2.24) is 0 Å². The Hall–Kier alpha value is -1.55. The van der Waals surface area contributed by atoms with E-state index < -0.39 is 18.2 Å². The third-order valence-electron chi connectivity index (χ3n) is 2.06. The first-order valence-corrected chi connectivity index (χ1v) is 4.68.